The van der Waals surface area contributed by atoms with E-state index in [2.05, 4.69) is 126 Å². The third kappa shape index (κ3) is 4.13. The Bertz CT molecular complexity index is 1920. The Balaban J connectivity index is 1.25. The Hall–Kier alpha value is -4.08. The molecule has 9 rings (SSSR count). The fourth-order valence-electron chi connectivity index (χ4n) is 8.49. The largest absolute Gasteiger partial charge is 0.343 e. The number of thiophene rings is 1. The van der Waals surface area contributed by atoms with E-state index < -0.39 is 0 Å². The molecule has 3 atom stereocenters. The first-order valence-corrected chi connectivity index (χ1v) is 17.2. The first-order chi connectivity index (χ1) is 21.7. The molecule has 0 radical (unpaired) electrons. The molecule has 2 aliphatic heterocycles. The molecule has 0 fully saturated rings. The van der Waals surface area contributed by atoms with E-state index in [9.17, 15) is 0 Å². The summed E-state index contributed by atoms with van der Waals surface area (Å²) >= 11 is 2.03. The van der Waals surface area contributed by atoms with E-state index in [0.29, 0.717) is 11.8 Å². The molecular weight excluding hydrogens is 553 g/mol. The van der Waals surface area contributed by atoms with E-state index in [1.807, 2.05) is 11.3 Å². The van der Waals surface area contributed by atoms with Gasteiger partial charge in [-0.05, 0) is 80.2 Å². The SMILES string of the molecule is CC1=CC(c2ccccc2)=C(N2C3=C(CCC=C3)N3Cc4sc5cc(C6=CC=CCC6)ccc5c4C32)C(C2C=CC=CC2)C1. The summed E-state index contributed by atoms with van der Waals surface area (Å²) in [7, 11) is 0. The van der Waals surface area contributed by atoms with Gasteiger partial charge in [-0.1, -0.05) is 103 Å². The summed E-state index contributed by atoms with van der Waals surface area (Å²) < 4.78 is 1.44. The number of allylic oxidation sites excluding steroid dienone is 15. The summed E-state index contributed by atoms with van der Waals surface area (Å²) in [6.45, 7) is 3.36. The molecular formula is C41H38N2S. The van der Waals surface area contributed by atoms with Gasteiger partial charge >= 0.3 is 0 Å². The smallest absolute Gasteiger partial charge is 0.134 e. The molecule has 218 valence electrons. The molecule has 0 saturated carbocycles. The van der Waals surface area contributed by atoms with Gasteiger partial charge in [-0.15, -0.1) is 11.3 Å². The lowest BCUT2D eigenvalue weighted by molar-refractivity contribution is 0.168. The van der Waals surface area contributed by atoms with Crippen molar-refractivity contribution in [3.05, 3.63) is 154 Å². The molecule has 0 amide bonds. The summed E-state index contributed by atoms with van der Waals surface area (Å²) in [6, 6.07) is 18.5. The van der Waals surface area contributed by atoms with E-state index in [1.165, 1.54) is 55.0 Å². The Labute approximate surface area is 265 Å². The lowest BCUT2D eigenvalue weighted by Crippen LogP contribution is -2.35. The van der Waals surface area contributed by atoms with Crippen LogP contribution in [0.15, 0.2) is 132 Å². The zero-order valence-corrected chi connectivity index (χ0v) is 26.2. The molecule has 3 aromatic rings. The minimum atomic E-state index is 0.209. The van der Waals surface area contributed by atoms with Gasteiger partial charge < -0.3 is 9.80 Å². The first kappa shape index (κ1) is 26.3. The third-order valence-corrected chi connectivity index (χ3v) is 11.6. The lowest BCUT2D eigenvalue weighted by atomic mass is 9.74. The molecule has 0 spiro atoms. The number of nitrogens with zero attached hydrogens (tertiary/aromatic N) is 2. The summed E-state index contributed by atoms with van der Waals surface area (Å²) in [5, 5.41) is 1.45. The molecule has 3 heteroatoms. The van der Waals surface area contributed by atoms with Gasteiger partial charge in [0.25, 0.3) is 0 Å². The fourth-order valence-corrected chi connectivity index (χ4v) is 9.76. The van der Waals surface area contributed by atoms with Crippen LogP contribution in [0.2, 0.25) is 0 Å². The summed E-state index contributed by atoms with van der Waals surface area (Å²) in [5.74, 6) is 0.913. The Morgan fingerprint density at radius 3 is 2.64 bits per heavy atom. The quantitative estimate of drug-likeness (QED) is 0.298. The highest BCUT2D eigenvalue weighted by Gasteiger charge is 2.49. The van der Waals surface area contributed by atoms with Crippen molar-refractivity contribution in [2.45, 2.75) is 58.2 Å². The average molecular weight is 591 g/mol. The molecule has 2 nitrogen and oxygen atoms in total. The predicted molar refractivity (Wildman–Crippen MR) is 185 cm³/mol. The van der Waals surface area contributed by atoms with E-state index in [4.69, 9.17) is 0 Å². The maximum Gasteiger partial charge on any atom is 0.134 e. The molecule has 6 aliphatic rings. The number of benzene rings is 2. The van der Waals surface area contributed by atoms with Crippen molar-refractivity contribution in [1.29, 1.82) is 0 Å². The molecule has 0 N–H and O–H groups in total. The second kappa shape index (κ2) is 10.5. The molecule has 2 aromatic carbocycles. The molecule has 3 unspecified atom stereocenters. The standard InChI is InChI=1S/C41H38N2S/c1-27-23-33(29-15-7-3-8-16-29)40(34(24-27)30-17-9-4-10-18-30)43-36-20-12-11-19-35(36)42-26-38-39(41(42)43)32-22-21-31(25-37(32)44-38)28-13-5-2-6-14-28/h2-5,7-10,12-13,15-17,20-23,25,30,34,41H,6,11,14,18-19,24,26H2,1H3. The van der Waals surface area contributed by atoms with Crippen LogP contribution in [0.25, 0.3) is 21.2 Å². The molecule has 4 aliphatic carbocycles. The third-order valence-electron chi connectivity index (χ3n) is 10.5. The number of hydrogen-bond donors (Lipinski definition) is 0. The summed E-state index contributed by atoms with van der Waals surface area (Å²) in [6.07, 6.45) is 30.4. The highest BCUT2D eigenvalue weighted by atomic mass is 32.1. The van der Waals surface area contributed by atoms with Crippen LogP contribution in [-0.2, 0) is 6.54 Å². The number of rotatable bonds is 4. The van der Waals surface area contributed by atoms with E-state index >= 15 is 0 Å². The molecule has 44 heavy (non-hydrogen) atoms. The van der Waals surface area contributed by atoms with E-state index in [0.717, 1.165) is 45.1 Å². The second-order valence-electron chi connectivity index (χ2n) is 13.1. The normalized spacial score (nSPS) is 25.5. The lowest BCUT2D eigenvalue weighted by Gasteiger charge is -2.41. The van der Waals surface area contributed by atoms with Crippen LogP contribution in [0.5, 0.6) is 0 Å². The van der Waals surface area contributed by atoms with Gasteiger partial charge in [0.2, 0.25) is 0 Å². The summed E-state index contributed by atoms with van der Waals surface area (Å²) in [4.78, 5) is 7.12. The minimum absolute atomic E-state index is 0.209. The van der Waals surface area contributed by atoms with Gasteiger partial charge in [0, 0.05) is 43.4 Å². The Morgan fingerprint density at radius 1 is 0.886 bits per heavy atom. The van der Waals surface area contributed by atoms with Crippen LogP contribution < -0.4 is 0 Å². The maximum atomic E-state index is 2.81. The monoisotopic (exact) mass is 590 g/mol. The van der Waals surface area contributed by atoms with Crippen molar-refractivity contribution >= 4 is 32.6 Å². The second-order valence-corrected chi connectivity index (χ2v) is 14.3. The molecule has 1 aromatic heterocycles. The maximum absolute atomic E-state index is 2.81. The van der Waals surface area contributed by atoms with Gasteiger partial charge in [0.05, 0.1) is 12.2 Å². The van der Waals surface area contributed by atoms with Gasteiger partial charge in [-0.3, -0.25) is 0 Å². The Morgan fingerprint density at radius 2 is 1.80 bits per heavy atom. The number of hydrogen-bond acceptors (Lipinski definition) is 3. The Kier molecular flexibility index (Phi) is 6.30. The van der Waals surface area contributed by atoms with Crippen LogP contribution in [0.3, 0.4) is 0 Å². The summed E-state index contributed by atoms with van der Waals surface area (Å²) in [5.41, 5.74) is 13.1. The van der Waals surface area contributed by atoms with Crippen molar-refractivity contribution < 1.29 is 0 Å². The highest BCUT2D eigenvalue weighted by molar-refractivity contribution is 7.19. The van der Waals surface area contributed by atoms with Crippen LogP contribution in [0.1, 0.15) is 73.2 Å². The van der Waals surface area contributed by atoms with Crippen LogP contribution in [0, 0.1) is 11.8 Å². The predicted octanol–water partition coefficient (Wildman–Crippen LogP) is 10.8. The molecule has 3 heterocycles. The van der Waals surface area contributed by atoms with Crippen molar-refractivity contribution in [1.82, 2.24) is 9.80 Å². The molecule has 0 bridgehead atoms. The molecule has 0 saturated heterocycles. The minimum Gasteiger partial charge on any atom is -0.343 e. The topological polar surface area (TPSA) is 6.48 Å². The van der Waals surface area contributed by atoms with Crippen molar-refractivity contribution in [3.63, 3.8) is 0 Å². The average Bonchev–Trinajstić information content (AvgIpc) is 3.72. The van der Waals surface area contributed by atoms with E-state index in [1.54, 1.807) is 10.4 Å². The van der Waals surface area contributed by atoms with Gasteiger partial charge in [0.15, 0.2) is 0 Å². The van der Waals surface area contributed by atoms with E-state index in [-0.39, 0.29) is 6.17 Å². The van der Waals surface area contributed by atoms with Crippen molar-refractivity contribution in [2.24, 2.45) is 11.8 Å². The van der Waals surface area contributed by atoms with Crippen LogP contribution >= 0.6 is 11.3 Å². The highest BCUT2D eigenvalue weighted by Crippen LogP contribution is 2.58. The van der Waals surface area contributed by atoms with Crippen molar-refractivity contribution in [3.8, 4) is 0 Å². The number of fused-ring (bicyclic) bond motifs is 6. The van der Waals surface area contributed by atoms with Gasteiger partial charge in [-0.2, -0.15) is 0 Å². The van der Waals surface area contributed by atoms with Gasteiger partial charge in [0.1, 0.15) is 6.17 Å². The van der Waals surface area contributed by atoms with Gasteiger partial charge in [-0.25, -0.2) is 0 Å². The zero-order valence-electron chi connectivity index (χ0n) is 25.4. The fraction of sp³-hybridized carbons (Fsp3) is 0.268. The first-order valence-electron chi connectivity index (χ1n) is 16.4. The van der Waals surface area contributed by atoms with Crippen LogP contribution in [0.4, 0.5) is 0 Å². The zero-order chi connectivity index (χ0) is 29.2. The van der Waals surface area contributed by atoms with Crippen molar-refractivity contribution in [2.75, 3.05) is 0 Å². The van der Waals surface area contributed by atoms with Crippen LogP contribution in [-0.4, -0.2) is 9.80 Å².